The molecule has 0 fully saturated rings. The number of halogens is 2. The summed E-state index contributed by atoms with van der Waals surface area (Å²) in [5, 5.41) is 2.61. The van der Waals surface area contributed by atoms with E-state index < -0.39 is 22.5 Å². The third-order valence-electron chi connectivity index (χ3n) is 2.47. The summed E-state index contributed by atoms with van der Waals surface area (Å²) < 4.78 is 26.2. The molecule has 0 saturated heterocycles. The summed E-state index contributed by atoms with van der Waals surface area (Å²) in [7, 11) is -1.70. The third-order valence-corrected chi connectivity index (χ3v) is 4.35. The second-order valence-electron chi connectivity index (χ2n) is 3.98. The van der Waals surface area contributed by atoms with E-state index in [1.54, 1.807) is 30.3 Å². The molecule has 0 spiro atoms. The highest BCUT2D eigenvalue weighted by molar-refractivity contribution is 9.10. The third kappa shape index (κ3) is 3.98. The molecule has 2 aromatic carbocycles. The van der Waals surface area contributed by atoms with Crippen molar-refractivity contribution in [2.75, 3.05) is 11.1 Å². The van der Waals surface area contributed by atoms with Gasteiger partial charge in [-0.1, -0.05) is 28.1 Å². The van der Waals surface area contributed by atoms with E-state index in [0.29, 0.717) is 5.69 Å². The lowest BCUT2D eigenvalue weighted by molar-refractivity contribution is -0.113. The minimum atomic E-state index is -1.70. The molecule has 104 valence electrons. The molecular weight excluding hydrogens is 345 g/mol. The lowest BCUT2D eigenvalue weighted by atomic mass is 10.3. The van der Waals surface area contributed by atoms with Crippen LogP contribution < -0.4 is 5.32 Å². The zero-order chi connectivity index (χ0) is 14.5. The molecule has 0 aromatic heterocycles. The van der Waals surface area contributed by atoms with Gasteiger partial charge in [-0.3, -0.25) is 9.00 Å². The van der Waals surface area contributed by atoms with Crippen LogP contribution in [-0.2, 0) is 15.6 Å². The average molecular weight is 356 g/mol. The number of nitrogens with one attached hydrogen (secondary N) is 1. The second kappa shape index (κ2) is 6.76. The Kier molecular flexibility index (Phi) is 5.03. The summed E-state index contributed by atoms with van der Waals surface area (Å²) in [6.45, 7) is 0. The van der Waals surface area contributed by atoms with Gasteiger partial charge in [-0.25, -0.2) is 4.39 Å². The molecule has 0 heterocycles. The summed E-state index contributed by atoms with van der Waals surface area (Å²) >= 11 is 3.29. The number of amides is 1. The first-order chi connectivity index (χ1) is 9.56. The Morgan fingerprint density at radius 2 is 1.80 bits per heavy atom. The molecule has 20 heavy (non-hydrogen) atoms. The quantitative estimate of drug-likeness (QED) is 0.914. The van der Waals surface area contributed by atoms with Crippen molar-refractivity contribution in [3.63, 3.8) is 0 Å². The number of hydrogen-bond acceptors (Lipinski definition) is 2. The molecule has 0 aliphatic carbocycles. The molecule has 0 bridgehead atoms. The monoisotopic (exact) mass is 355 g/mol. The Hall–Kier alpha value is -1.53. The van der Waals surface area contributed by atoms with Crippen molar-refractivity contribution >= 4 is 38.3 Å². The normalized spacial score (nSPS) is 11.9. The van der Waals surface area contributed by atoms with Crippen LogP contribution in [0.2, 0.25) is 0 Å². The van der Waals surface area contributed by atoms with E-state index in [2.05, 4.69) is 21.2 Å². The summed E-state index contributed by atoms with van der Waals surface area (Å²) in [5.41, 5.74) is 0.601. The van der Waals surface area contributed by atoms with Crippen molar-refractivity contribution in [3.8, 4) is 0 Å². The van der Waals surface area contributed by atoms with Crippen molar-refractivity contribution in [2.24, 2.45) is 0 Å². The molecule has 0 radical (unpaired) electrons. The Labute approximate surface area is 126 Å². The van der Waals surface area contributed by atoms with Crippen molar-refractivity contribution in [3.05, 3.63) is 58.8 Å². The molecule has 1 unspecified atom stereocenters. The Morgan fingerprint density at radius 1 is 1.15 bits per heavy atom. The average Bonchev–Trinajstić information content (AvgIpc) is 2.41. The molecule has 2 rings (SSSR count). The van der Waals surface area contributed by atoms with E-state index in [0.717, 1.165) is 4.47 Å². The van der Waals surface area contributed by atoms with Crippen LogP contribution in [0.4, 0.5) is 10.1 Å². The number of rotatable bonds is 4. The maximum Gasteiger partial charge on any atom is 0.237 e. The van der Waals surface area contributed by atoms with Gasteiger partial charge in [-0.2, -0.15) is 0 Å². The maximum absolute atomic E-state index is 13.4. The van der Waals surface area contributed by atoms with Crippen LogP contribution in [-0.4, -0.2) is 15.9 Å². The van der Waals surface area contributed by atoms with Gasteiger partial charge in [0.1, 0.15) is 11.6 Å². The van der Waals surface area contributed by atoms with Crippen LogP contribution in [0, 0.1) is 5.82 Å². The molecule has 6 heteroatoms. The lowest BCUT2D eigenvalue weighted by Gasteiger charge is -2.06. The molecule has 1 N–H and O–H groups in total. The number of benzene rings is 2. The fourth-order valence-electron chi connectivity index (χ4n) is 1.56. The zero-order valence-corrected chi connectivity index (χ0v) is 12.7. The van der Waals surface area contributed by atoms with Crippen LogP contribution in [0.25, 0.3) is 0 Å². The number of carbonyl (C=O) groups is 1. The van der Waals surface area contributed by atoms with E-state index in [4.69, 9.17) is 0 Å². The van der Waals surface area contributed by atoms with E-state index in [9.17, 15) is 13.4 Å². The maximum atomic E-state index is 13.4. The Balaban J connectivity index is 2.00. The SMILES string of the molecule is O=C(CS(=O)c1ccccc1F)Nc1ccc(Br)cc1. The highest BCUT2D eigenvalue weighted by Gasteiger charge is 2.13. The highest BCUT2D eigenvalue weighted by atomic mass is 79.9. The van der Waals surface area contributed by atoms with Crippen LogP contribution >= 0.6 is 15.9 Å². The fraction of sp³-hybridized carbons (Fsp3) is 0.0714. The largest absolute Gasteiger partial charge is 0.325 e. The number of anilines is 1. The van der Waals surface area contributed by atoms with Crippen LogP contribution in [0.5, 0.6) is 0 Å². The van der Waals surface area contributed by atoms with Gasteiger partial charge in [0.25, 0.3) is 0 Å². The lowest BCUT2D eigenvalue weighted by Crippen LogP contribution is -2.19. The van der Waals surface area contributed by atoms with E-state index in [-0.39, 0.29) is 10.6 Å². The first kappa shape index (κ1) is 14.9. The minimum absolute atomic E-state index is 0.0402. The number of hydrogen-bond donors (Lipinski definition) is 1. The van der Waals surface area contributed by atoms with E-state index in [1.165, 1.54) is 18.2 Å². The van der Waals surface area contributed by atoms with Crippen molar-refractivity contribution in [2.45, 2.75) is 4.90 Å². The van der Waals surface area contributed by atoms with Crippen LogP contribution in [0.15, 0.2) is 57.9 Å². The molecule has 0 aliphatic rings. The molecule has 0 aliphatic heterocycles. The van der Waals surface area contributed by atoms with Crippen LogP contribution in [0.1, 0.15) is 0 Å². The van der Waals surface area contributed by atoms with Gasteiger partial charge < -0.3 is 5.32 Å². The molecule has 1 atom stereocenters. The van der Waals surface area contributed by atoms with E-state index in [1.807, 2.05) is 0 Å². The van der Waals surface area contributed by atoms with Gasteiger partial charge in [-0.05, 0) is 36.4 Å². The summed E-state index contributed by atoms with van der Waals surface area (Å²) in [4.78, 5) is 11.8. The smallest absolute Gasteiger partial charge is 0.237 e. The summed E-state index contributed by atoms with van der Waals surface area (Å²) in [6.07, 6.45) is 0. The van der Waals surface area contributed by atoms with Crippen molar-refractivity contribution in [1.82, 2.24) is 0 Å². The van der Waals surface area contributed by atoms with Crippen molar-refractivity contribution in [1.29, 1.82) is 0 Å². The molecular formula is C14H11BrFNO2S. The Bertz CT molecular complexity index is 646. The van der Waals surface area contributed by atoms with Gasteiger partial charge in [0.05, 0.1) is 15.7 Å². The minimum Gasteiger partial charge on any atom is -0.325 e. The number of carbonyl (C=O) groups excluding carboxylic acids is 1. The summed E-state index contributed by atoms with van der Waals surface area (Å²) in [6, 6.07) is 12.7. The first-order valence-electron chi connectivity index (χ1n) is 5.74. The highest BCUT2D eigenvalue weighted by Crippen LogP contribution is 2.15. The standard InChI is InChI=1S/C14H11BrFNO2S/c15-10-5-7-11(8-6-10)17-14(18)9-20(19)13-4-2-1-3-12(13)16/h1-8H,9H2,(H,17,18). The molecule has 3 nitrogen and oxygen atoms in total. The predicted octanol–water partition coefficient (Wildman–Crippen LogP) is 3.33. The fourth-order valence-corrected chi connectivity index (χ4v) is 2.80. The van der Waals surface area contributed by atoms with Gasteiger partial charge in [0, 0.05) is 10.2 Å². The zero-order valence-electron chi connectivity index (χ0n) is 10.3. The first-order valence-corrected chi connectivity index (χ1v) is 7.86. The molecule has 2 aromatic rings. The summed E-state index contributed by atoms with van der Waals surface area (Å²) in [5.74, 6) is -1.27. The molecule has 1 amide bonds. The van der Waals surface area contributed by atoms with Crippen molar-refractivity contribution < 1.29 is 13.4 Å². The van der Waals surface area contributed by atoms with Gasteiger partial charge in [0.15, 0.2) is 0 Å². The topological polar surface area (TPSA) is 46.2 Å². The Morgan fingerprint density at radius 3 is 2.45 bits per heavy atom. The second-order valence-corrected chi connectivity index (χ2v) is 6.31. The molecule has 0 saturated carbocycles. The van der Waals surface area contributed by atoms with Gasteiger partial charge in [0.2, 0.25) is 5.91 Å². The predicted molar refractivity (Wildman–Crippen MR) is 80.4 cm³/mol. The van der Waals surface area contributed by atoms with Gasteiger partial charge in [-0.15, -0.1) is 0 Å². The van der Waals surface area contributed by atoms with Crippen LogP contribution in [0.3, 0.4) is 0 Å². The van der Waals surface area contributed by atoms with E-state index >= 15 is 0 Å². The van der Waals surface area contributed by atoms with Gasteiger partial charge >= 0.3 is 0 Å².